The Kier molecular flexibility index (Phi) is 4.20. The highest BCUT2D eigenvalue weighted by Gasteiger charge is 2.19. The van der Waals surface area contributed by atoms with E-state index in [1.807, 2.05) is 12.1 Å². The number of piperidine rings is 1. The second-order valence-corrected chi connectivity index (χ2v) is 4.47. The van der Waals surface area contributed by atoms with E-state index in [0.717, 1.165) is 24.8 Å². The molecule has 1 aliphatic rings. The highest BCUT2D eigenvalue weighted by atomic mass is 16.5. The fraction of sp³-hybridized carbons (Fsp3) is 0.500. The third-order valence-corrected chi connectivity index (χ3v) is 3.37. The van der Waals surface area contributed by atoms with Gasteiger partial charge in [0.05, 0.1) is 19.8 Å². The SMILES string of the molecule is COc1cc(C2CCCCN2)cc(C=O)c1OC. The number of ether oxygens (including phenoxy) is 2. The first-order chi connectivity index (χ1) is 8.80. The van der Waals surface area contributed by atoms with Crippen molar-refractivity contribution in [1.29, 1.82) is 0 Å². The zero-order valence-electron chi connectivity index (χ0n) is 10.9. The Morgan fingerprint density at radius 1 is 1.28 bits per heavy atom. The lowest BCUT2D eigenvalue weighted by Crippen LogP contribution is -2.26. The van der Waals surface area contributed by atoms with Crippen LogP contribution in [-0.4, -0.2) is 27.1 Å². The minimum Gasteiger partial charge on any atom is -0.493 e. The van der Waals surface area contributed by atoms with Crippen molar-refractivity contribution in [2.45, 2.75) is 25.3 Å². The molecule has 0 bridgehead atoms. The Bertz CT molecular complexity index is 425. The van der Waals surface area contributed by atoms with Gasteiger partial charge >= 0.3 is 0 Å². The maximum absolute atomic E-state index is 11.1. The van der Waals surface area contributed by atoms with Crippen LogP contribution in [0.3, 0.4) is 0 Å². The van der Waals surface area contributed by atoms with E-state index in [1.54, 1.807) is 14.2 Å². The van der Waals surface area contributed by atoms with Crippen molar-refractivity contribution >= 4 is 6.29 Å². The Morgan fingerprint density at radius 2 is 2.11 bits per heavy atom. The molecule has 1 unspecified atom stereocenters. The van der Waals surface area contributed by atoms with Gasteiger partial charge in [-0.1, -0.05) is 6.42 Å². The van der Waals surface area contributed by atoms with Gasteiger partial charge in [0.1, 0.15) is 0 Å². The Hall–Kier alpha value is -1.55. The van der Waals surface area contributed by atoms with Crippen LogP contribution >= 0.6 is 0 Å². The van der Waals surface area contributed by atoms with Crippen molar-refractivity contribution in [1.82, 2.24) is 5.32 Å². The first-order valence-corrected chi connectivity index (χ1v) is 6.24. The Morgan fingerprint density at radius 3 is 2.67 bits per heavy atom. The maximum Gasteiger partial charge on any atom is 0.171 e. The molecular formula is C14H19NO3. The number of aldehydes is 1. The molecule has 1 aromatic rings. The molecule has 1 saturated heterocycles. The second-order valence-electron chi connectivity index (χ2n) is 4.47. The number of carbonyl (C=O) groups is 1. The molecular weight excluding hydrogens is 230 g/mol. The molecule has 0 aliphatic carbocycles. The summed E-state index contributed by atoms with van der Waals surface area (Å²) in [6.45, 7) is 1.02. The molecule has 0 amide bonds. The van der Waals surface area contributed by atoms with E-state index >= 15 is 0 Å². The quantitative estimate of drug-likeness (QED) is 0.832. The van der Waals surface area contributed by atoms with Crippen LogP contribution < -0.4 is 14.8 Å². The second kappa shape index (κ2) is 5.87. The van der Waals surface area contributed by atoms with Crippen LogP contribution in [0.2, 0.25) is 0 Å². The van der Waals surface area contributed by atoms with E-state index in [-0.39, 0.29) is 0 Å². The van der Waals surface area contributed by atoms with Gasteiger partial charge in [0, 0.05) is 6.04 Å². The normalized spacial score (nSPS) is 19.3. The smallest absolute Gasteiger partial charge is 0.171 e. The molecule has 1 N–H and O–H groups in total. The van der Waals surface area contributed by atoms with Crippen LogP contribution in [0.5, 0.6) is 11.5 Å². The molecule has 2 rings (SSSR count). The average Bonchev–Trinajstić information content (AvgIpc) is 2.46. The number of benzene rings is 1. The number of hydrogen-bond acceptors (Lipinski definition) is 4. The number of rotatable bonds is 4. The maximum atomic E-state index is 11.1. The lowest BCUT2D eigenvalue weighted by Gasteiger charge is -2.25. The number of hydrogen-bond donors (Lipinski definition) is 1. The molecule has 1 atom stereocenters. The molecule has 0 saturated carbocycles. The third kappa shape index (κ3) is 2.48. The van der Waals surface area contributed by atoms with E-state index in [2.05, 4.69) is 5.32 Å². The molecule has 1 aliphatic heterocycles. The number of carbonyl (C=O) groups excluding carboxylic acids is 1. The monoisotopic (exact) mass is 249 g/mol. The van der Waals surface area contributed by atoms with Crippen LogP contribution in [0.4, 0.5) is 0 Å². The zero-order valence-corrected chi connectivity index (χ0v) is 10.9. The summed E-state index contributed by atoms with van der Waals surface area (Å²) in [5.74, 6) is 1.12. The van der Waals surface area contributed by atoms with Crippen LogP contribution in [-0.2, 0) is 0 Å². The topological polar surface area (TPSA) is 47.6 Å². The molecule has 0 radical (unpaired) electrons. The summed E-state index contributed by atoms with van der Waals surface area (Å²) in [5.41, 5.74) is 1.63. The van der Waals surface area contributed by atoms with Crippen LogP contribution in [0, 0.1) is 0 Å². The minimum absolute atomic E-state index is 0.303. The summed E-state index contributed by atoms with van der Waals surface area (Å²) in [5, 5.41) is 3.46. The van der Waals surface area contributed by atoms with Gasteiger partial charge in [0.2, 0.25) is 0 Å². The molecule has 4 heteroatoms. The minimum atomic E-state index is 0.303. The van der Waals surface area contributed by atoms with E-state index in [4.69, 9.17) is 9.47 Å². The fourth-order valence-electron chi connectivity index (χ4n) is 2.44. The Balaban J connectivity index is 2.38. The number of methoxy groups -OCH3 is 2. The van der Waals surface area contributed by atoms with Gasteiger partial charge < -0.3 is 14.8 Å². The molecule has 0 spiro atoms. The lowest BCUT2D eigenvalue weighted by molar-refractivity contribution is 0.111. The van der Waals surface area contributed by atoms with E-state index in [1.165, 1.54) is 12.8 Å². The average molecular weight is 249 g/mol. The summed E-state index contributed by atoms with van der Waals surface area (Å²) < 4.78 is 10.5. The summed E-state index contributed by atoms with van der Waals surface area (Å²) in [7, 11) is 3.13. The molecule has 1 aromatic carbocycles. The first-order valence-electron chi connectivity index (χ1n) is 6.24. The van der Waals surface area contributed by atoms with Gasteiger partial charge in [-0.2, -0.15) is 0 Å². The summed E-state index contributed by atoms with van der Waals surface area (Å²) in [4.78, 5) is 11.1. The fourth-order valence-corrected chi connectivity index (χ4v) is 2.44. The molecule has 1 fully saturated rings. The first kappa shape index (κ1) is 12.9. The molecule has 4 nitrogen and oxygen atoms in total. The molecule has 18 heavy (non-hydrogen) atoms. The summed E-state index contributed by atoms with van der Waals surface area (Å²) in [6, 6.07) is 4.14. The molecule has 1 heterocycles. The van der Waals surface area contributed by atoms with E-state index in [0.29, 0.717) is 23.1 Å². The van der Waals surface area contributed by atoms with Crippen molar-refractivity contribution < 1.29 is 14.3 Å². The third-order valence-electron chi connectivity index (χ3n) is 3.37. The van der Waals surface area contributed by atoms with Gasteiger partial charge in [-0.3, -0.25) is 4.79 Å². The van der Waals surface area contributed by atoms with Gasteiger partial charge in [-0.25, -0.2) is 0 Å². The van der Waals surface area contributed by atoms with Crippen molar-refractivity contribution in [2.24, 2.45) is 0 Å². The molecule has 98 valence electrons. The van der Waals surface area contributed by atoms with Crippen LogP contribution in [0.25, 0.3) is 0 Å². The number of nitrogens with one attached hydrogen (secondary N) is 1. The van der Waals surface area contributed by atoms with Gasteiger partial charge in [-0.15, -0.1) is 0 Å². The zero-order chi connectivity index (χ0) is 13.0. The van der Waals surface area contributed by atoms with Crippen molar-refractivity contribution in [3.8, 4) is 11.5 Å². The van der Waals surface area contributed by atoms with Gasteiger partial charge in [0.25, 0.3) is 0 Å². The van der Waals surface area contributed by atoms with Crippen molar-refractivity contribution in [2.75, 3.05) is 20.8 Å². The predicted molar refractivity (Wildman–Crippen MR) is 69.5 cm³/mol. The van der Waals surface area contributed by atoms with Crippen molar-refractivity contribution in [3.05, 3.63) is 23.3 Å². The van der Waals surface area contributed by atoms with Crippen LogP contribution in [0.15, 0.2) is 12.1 Å². The molecule has 0 aromatic heterocycles. The predicted octanol–water partition coefficient (Wildman–Crippen LogP) is 2.33. The van der Waals surface area contributed by atoms with Crippen molar-refractivity contribution in [3.63, 3.8) is 0 Å². The van der Waals surface area contributed by atoms with Gasteiger partial charge in [0.15, 0.2) is 17.8 Å². The standard InChI is InChI=1S/C14H19NO3/c1-17-13-8-10(12-5-3-4-6-15-12)7-11(9-16)14(13)18-2/h7-9,12,15H,3-6H2,1-2H3. The largest absolute Gasteiger partial charge is 0.493 e. The Labute approximate surface area is 107 Å². The summed E-state index contributed by atoms with van der Waals surface area (Å²) >= 11 is 0. The summed E-state index contributed by atoms with van der Waals surface area (Å²) in [6.07, 6.45) is 4.33. The highest BCUT2D eigenvalue weighted by Crippen LogP contribution is 2.35. The van der Waals surface area contributed by atoms with E-state index < -0.39 is 0 Å². The lowest BCUT2D eigenvalue weighted by atomic mass is 9.95. The van der Waals surface area contributed by atoms with E-state index in [9.17, 15) is 4.79 Å². The van der Waals surface area contributed by atoms with Gasteiger partial charge in [-0.05, 0) is 37.1 Å². The van der Waals surface area contributed by atoms with Crippen LogP contribution in [0.1, 0.15) is 41.2 Å². The highest BCUT2D eigenvalue weighted by molar-refractivity contribution is 5.81.